The maximum Gasteiger partial charge on any atom is 0.225 e. The molecule has 3 aliphatic rings. The number of hydrogen-bond acceptors (Lipinski definition) is 3. The number of hydrogen-bond donors (Lipinski definition) is 1. The second-order valence-electron chi connectivity index (χ2n) is 8.17. The van der Waals surface area contributed by atoms with Gasteiger partial charge in [0.05, 0.1) is 12.0 Å². The third-order valence-electron chi connectivity index (χ3n) is 6.34. The maximum absolute atomic E-state index is 13.1. The lowest BCUT2D eigenvalue weighted by Crippen LogP contribution is -2.61. The normalized spacial score (nSPS) is 24.1. The average Bonchev–Trinajstić information content (AvgIpc) is 3.56. The van der Waals surface area contributed by atoms with E-state index >= 15 is 0 Å². The number of amides is 1. The molecular formula is C23H27N3O. The highest BCUT2D eigenvalue weighted by molar-refractivity contribution is 5.82. The molecule has 2 aromatic rings. The van der Waals surface area contributed by atoms with Crippen LogP contribution < -0.4 is 15.1 Å². The quantitative estimate of drug-likeness (QED) is 0.909. The van der Waals surface area contributed by atoms with Crippen molar-refractivity contribution < 1.29 is 4.79 Å². The van der Waals surface area contributed by atoms with Gasteiger partial charge in [0.25, 0.3) is 0 Å². The number of para-hydroxylation sites is 2. The molecule has 2 atom stereocenters. The van der Waals surface area contributed by atoms with Crippen LogP contribution in [0.5, 0.6) is 0 Å². The molecule has 4 nitrogen and oxygen atoms in total. The molecule has 2 heterocycles. The van der Waals surface area contributed by atoms with E-state index < -0.39 is 0 Å². The van der Waals surface area contributed by atoms with Gasteiger partial charge >= 0.3 is 0 Å². The van der Waals surface area contributed by atoms with Gasteiger partial charge in [0, 0.05) is 37.6 Å². The summed E-state index contributed by atoms with van der Waals surface area (Å²) >= 11 is 0. The highest BCUT2D eigenvalue weighted by Gasteiger charge is 2.41. The Kier molecular flexibility index (Phi) is 4.27. The minimum absolute atomic E-state index is 0.0187. The summed E-state index contributed by atoms with van der Waals surface area (Å²) in [6, 6.07) is 19.5. The topological polar surface area (TPSA) is 35.6 Å². The molecule has 1 amide bonds. The van der Waals surface area contributed by atoms with E-state index in [1.807, 2.05) is 0 Å². The van der Waals surface area contributed by atoms with Crippen molar-refractivity contribution in [3.63, 3.8) is 0 Å². The molecular weight excluding hydrogens is 334 g/mol. The lowest BCUT2D eigenvalue weighted by Gasteiger charge is -2.49. The zero-order chi connectivity index (χ0) is 18.2. The van der Waals surface area contributed by atoms with Crippen LogP contribution in [0.15, 0.2) is 54.6 Å². The lowest BCUT2D eigenvalue weighted by atomic mass is 9.83. The van der Waals surface area contributed by atoms with Crippen molar-refractivity contribution in [2.45, 2.75) is 25.3 Å². The molecule has 5 rings (SSSR count). The van der Waals surface area contributed by atoms with E-state index in [4.69, 9.17) is 0 Å². The Balaban J connectivity index is 1.42. The second-order valence-corrected chi connectivity index (χ2v) is 8.17. The van der Waals surface area contributed by atoms with Crippen molar-refractivity contribution in [2.75, 3.05) is 36.0 Å². The summed E-state index contributed by atoms with van der Waals surface area (Å²) in [5, 5.41) is 3.25. The van der Waals surface area contributed by atoms with Crippen molar-refractivity contribution in [1.82, 2.24) is 5.32 Å². The standard InChI is InChI=1S/C23H27N3O/c27-23(24-15-17-10-11-17)20-14-18-6-4-5-9-21(18)26-13-12-25(16-22(20)26)19-7-2-1-3-8-19/h1-9,17,20,22H,10-16H2,(H,24,27)/t20-,22+/m0/s1. The highest BCUT2D eigenvalue weighted by atomic mass is 16.1. The maximum atomic E-state index is 13.1. The fraction of sp³-hybridized carbons (Fsp3) is 0.435. The van der Waals surface area contributed by atoms with E-state index in [-0.39, 0.29) is 17.9 Å². The Bertz CT molecular complexity index is 817. The number of carbonyl (C=O) groups is 1. The molecule has 2 aliphatic heterocycles. The Morgan fingerprint density at radius 3 is 2.59 bits per heavy atom. The van der Waals surface area contributed by atoms with Crippen LogP contribution in [0.4, 0.5) is 11.4 Å². The second kappa shape index (κ2) is 6.91. The summed E-state index contributed by atoms with van der Waals surface area (Å²) in [5.74, 6) is 0.972. The molecule has 1 saturated heterocycles. The smallest absolute Gasteiger partial charge is 0.225 e. The van der Waals surface area contributed by atoms with Crippen LogP contribution in [-0.4, -0.2) is 38.1 Å². The minimum Gasteiger partial charge on any atom is -0.368 e. The van der Waals surface area contributed by atoms with E-state index in [1.165, 1.54) is 29.8 Å². The van der Waals surface area contributed by atoms with Gasteiger partial charge in [0.2, 0.25) is 5.91 Å². The van der Waals surface area contributed by atoms with Crippen LogP contribution in [0, 0.1) is 11.8 Å². The molecule has 2 aromatic carbocycles. The third kappa shape index (κ3) is 3.29. The average molecular weight is 361 g/mol. The first-order valence-corrected chi connectivity index (χ1v) is 10.2. The van der Waals surface area contributed by atoms with Crippen LogP contribution in [0.3, 0.4) is 0 Å². The van der Waals surface area contributed by atoms with E-state index in [2.05, 4.69) is 69.7 Å². The molecule has 0 radical (unpaired) electrons. The van der Waals surface area contributed by atoms with Gasteiger partial charge in [0.15, 0.2) is 0 Å². The van der Waals surface area contributed by atoms with Crippen molar-refractivity contribution in [2.24, 2.45) is 11.8 Å². The van der Waals surface area contributed by atoms with Gasteiger partial charge < -0.3 is 15.1 Å². The van der Waals surface area contributed by atoms with E-state index in [9.17, 15) is 4.79 Å². The van der Waals surface area contributed by atoms with Gasteiger partial charge in [-0.1, -0.05) is 36.4 Å². The Morgan fingerprint density at radius 2 is 1.78 bits per heavy atom. The molecule has 27 heavy (non-hydrogen) atoms. The van der Waals surface area contributed by atoms with Crippen LogP contribution in [0.25, 0.3) is 0 Å². The number of piperazine rings is 1. The molecule has 1 saturated carbocycles. The fourth-order valence-electron chi connectivity index (χ4n) is 4.63. The first-order chi connectivity index (χ1) is 13.3. The van der Waals surface area contributed by atoms with Gasteiger partial charge in [0.1, 0.15) is 0 Å². The van der Waals surface area contributed by atoms with Crippen LogP contribution >= 0.6 is 0 Å². The number of anilines is 2. The molecule has 0 aromatic heterocycles. The van der Waals surface area contributed by atoms with E-state index in [1.54, 1.807) is 0 Å². The number of nitrogens with zero attached hydrogens (tertiary/aromatic N) is 2. The number of nitrogens with one attached hydrogen (secondary N) is 1. The predicted molar refractivity (Wildman–Crippen MR) is 109 cm³/mol. The predicted octanol–water partition coefficient (Wildman–Crippen LogP) is 3.08. The summed E-state index contributed by atoms with van der Waals surface area (Å²) in [6.45, 7) is 3.71. The Labute approximate surface area is 161 Å². The van der Waals surface area contributed by atoms with E-state index in [0.29, 0.717) is 5.92 Å². The van der Waals surface area contributed by atoms with Crippen molar-refractivity contribution in [3.8, 4) is 0 Å². The number of carbonyl (C=O) groups excluding carboxylic acids is 1. The van der Waals surface area contributed by atoms with Crippen LogP contribution in [0.2, 0.25) is 0 Å². The van der Waals surface area contributed by atoms with Gasteiger partial charge in [-0.2, -0.15) is 0 Å². The van der Waals surface area contributed by atoms with Crippen LogP contribution in [-0.2, 0) is 11.2 Å². The summed E-state index contributed by atoms with van der Waals surface area (Å²) in [5.41, 5.74) is 3.89. The zero-order valence-electron chi connectivity index (χ0n) is 15.7. The minimum atomic E-state index is 0.0187. The molecule has 1 N–H and O–H groups in total. The van der Waals surface area contributed by atoms with Crippen molar-refractivity contribution in [1.29, 1.82) is 0 Å². The summed E-state index contributed by atoms with van der Waals surface area (Å²) in [7, 11) is 0. The number of benzene rings is 2. The Hall–Kier alpha value is -2.49. The first-order valence-electron chi connectivity index (χ1n) is 10.2. The molecule has 2 fully saturated rings. The highest BCUT2D eigenvalue weighted by Crippen LogP contribution is 2.37. The first kappa shape index (κ1) is 16.7. The summed E-state index contributed by atoms with van der Waals surface area (Å²) in [4.78, 5) is 18.0. The molecule has 0 unspecified atom stereocenters. The van der Waals surface area contributed by atoms with E-state index in [0.717, 1.165) is 32.6 Å². The molecule has 4 heteroatoms. The van der Waals surface area contributed by atoms with Crippen molar-refractivity contribution >= 4 is 17.3 Å². The van der Waals surface area contributed by atoms with Crippen LogP contribution in [0.1, 0.15) is 18.4 Å². The molecule has 0 spiro atoms. The molecule has 0 bridgehead atoms. The lowest BCUT2D eigenvalue weighted by molar-refractivity contribution is -0.125. The zero-order valence-corrected chi connectivity index (χ0v) is 15.7. The molecule has 140 valence electrons. The SMILES string of the molecule is O=C(NCC1CC1)[C@H]1Cc2ccccc2N2CCN(c3ccccc3)C[C@H]12. The van der Waals surface area contributed by atoms with Gasteiger partial charge in [-0.3, -0.25) is 4.79 Å². The monoisotopic (exact) mass is 361 g/mol. The summed E-state index contributed by atoms with van der Waals surface area (Å²) < 4.78 is 0. The number of rotatable bonds is 4. The van der Waals surface area contributed by atoms with Crippen molar-refractivity contribution in [3.05, 3.63) is 60.2 Å². The third-order valence-corrected chi connectivity index (χ3v) is 6.34. The van der Waals surface area contributed by atoms with Gasteiger partial charge in [-0.05, 0) is 48.9 Å². The molecule has 1 aliphatic carbocycles. The number of fused-ring (bicyclic) bond motifs is 3. The van der Waals surface area contributed by atoms with Gasteiger partial charge in [-0.15, -0.1) is 0 Å². The Morgan fingerprint density at radius 1 is 1.00 bits per heavy atom. The van der Waals surface area contributed by atoms with Gasteiger partial charge in [-0.25, -0.2) is 0 Å². The summed E-state index contributed by atoms with van der Waals surface area (Å²) in [6.07, 6.45) is 3.38. The largest absolute Gasteiger partial charge is 0.368 e. The fourth-order valence-corrected chi connectivity index (χ4v) is 4.63.